The molecule has 0 spiro atoms. The average Bonchev–Trinajstić information content (AvgIpc) is 3.23. The van der Waals surface area contributed by atoms with E-state index in [4.69, 9.17) is 9.47 Å². The van der Waals surface area contributed by atoms with Gasteiger partial charge in [-0.05, 0) is 97.2 Å². The molecule has 0 fully saturated rings. The topological polar surface area (TPSA) is 114 Å². The van der Waals surface area contributed by atoms with Crippen molar-refractivity contribution < 1.29 is 19.1 Å². The van der Waals surface area contributed by atoms with Gasteiger partial charge in [-0.1, -0.05) is 156 Å². The summed E-state index contributed by atoms with van der Waals surface area (Å²) in [6.45, 7) is 12.4. The Hall–Kier alpha value is -2.42. The number of anilines is 2. The first-order valence-corrected chi connectivity index (χ1v) is 25.6. The highest BCUT2D eigenvalue weighted by Crippen LogP contribution is 2.19. The summed E-state index contributed by atoms with van der Waals surface area (Å²) in [5.74, 6) is -0.0549. The molecule has 1 aromatic rings. The predicted octanol–water partition coefficient (Wildman–Crippen LogP) is 13.2. The van der Waals surface area contributed by atoms with Crippen LogP contribution in [0.4, 0.5) is 11.4 Å². The molecular formula is C51H95N3O6. The van der Waals surface area contributed by atoms with Gasteiger partial charge < -0.3 is 25.0 Å². The summed E-state index contributed by atoms with van der Waals surface area (Å²) < 4.78 is 11.7. The summed E-state index contributed by atoms with van der Waals surface area (Å²) in [6.07, 6.45) is 38.5. The Labute approximate surface area is 368 Å². The number of hydrogen-bond acceptors (Lipinski definition) is 9. The molecule has 2 N–H and O–H groups in total. The number of nitrogens with zero attached hydrogens (tertiary/aromatic N) is 1. The minimum Gasteiger partial charge on any atom is -0.463 e. The van der Waals surface area contributed by atoms with E-state index >= 15 is 0 Å². The molecule has 9 heteroatoms. The van der Waals surface area contributed by atoms with Crippen LogP contribution in [0.5, 0.6) is 0 Å². The van der Waals surface area contributed by atoms with Gasteiger partial charge in [0.1, 0.15) is 17.5 Å². The lowest BCUT2D eigenvalue weighted by Crippen LogP contribution is -2.37. The number of ether oxygens (including phenoxy) is 2. The van der Waals surface area contributed by atoms with Crippen LogP contribution in [0.3, 0.4) is 0 Å². The van der Waals surface area contributed by atoms with Crippen LogP contribution in [0.25, 0.3) is 0 Å². The summed E-state index contributed by atoms with van der Waals surface area (Å²) in [5.41, 5.74) is -0.0615. The molecule has 0 bridgehead atoms. The molecule has 1 aromatic carbocycles. The van der Waals surface area contributed by atoms with Crippen molar-refractivity contribution in [1.29, 1.82) is 0 Å². The molecule has 60 heavy (non-hydrogen) atoms. The molecule has 350 valence electrons. The second-order valence-corrected chi connectivity index (χ2v) is 17.9. The Balaban J connectivity index is 2.39. The second kappa shape index (κ2) is 39.4. The lowest BCUT2D eigenvalue weighted by atomic mass is 10.0. The van der Waals surface area contributed by atoms with Crippen LogP contribution >= 0.6 is 0 Å². The summed E-state index contributed by atoms with van der Waals surface area (Å²) >= 11 is 0. The smallest absolute Gasteiger partial charge is 0.306 e. The molecule has 9 nitrogen and oxygen atoms in total. The van der Waals surface area contributed by atoms with E-state index in [2.05, 4.69) is 36.3 Å². The zero-order valence-electron chi connectivity index (χ0n) is 39.9. The van der Waals surface area contributed by atoms with Gasteiger partial charge in [0.2, 0.25) is 0 Å². The molecule has 0 radical (unpaired) electrons. The highest BCUT2D eigenvalue weighted by atomic mass is 16.5. The molecule has 0 amide bonds. The summed E-state index contributed by atoms with van der Waals surface area (Å²) in [5, 5.41) is 6.01. The zero-order chi connectivity index (χ0) is 43.9. The van der Waals surface area contributed by atoms with Crippen molar-refractivity contribution in [3.63, 3.8) is 0 Å². The Bertz CT molecular complexity index is 1210. The van der Waals surface area contributed by atoms with Crippen molar-refractivity contribution >= 4 is 23.3 Å². The van der Waals surface area contributed by atoms with Crippen LogP contribution in [-0.2, 0) is 19.1 Å². The van der Waals surface area contributed by atoms with E-state index in [0.29, 0.717) is 30.8 Å². The minimum absolute atomic E-state index is 0.00402. The third kappa shape index (κ3) is 29.8. The van der Waals surface area contributed by atoms with E-state index in [9.17, 15) is 19.2 Å². The fraction of sp³-hybridized carbons (Fsp3) is 0.882. The van der Waals surface area contributed by atoms with Gasteiger partial charge in [-0.2, -0.15) is 0 Å². The maximum atomic E-state index is 12.9. The van der Waals surface area contributed by atoms with Gasteiger partial charge in [0.15, 0.2) is 0 Å². The first kappa shape index (κ1) is 55.6. The van der Waals surface area contributed by atoms with Gasteiger partial charge in [-0.15, -0.1) is 0 Å². The van der Waals surface area contributed by atoms with E-state index in [1.165, 1.54) is 96.3 Å². The Morgan fingerprint density at radius 3 is 1.35 bits per heavy atom. The summed E-state index contributed by atoms with van der Waals surface area (Å²) in [7, 11) is 1.67. The summed E-state index contributed by atoms with van der Waals surface area (Å²) in [6, 6.07) is 0. The maximum absolute atomic E-state index is 12.9. The largest absolute Gasteiger partial charge is 0.463 e. The van der Waals surface area contributed by atoms with Crippen LogP contribution in [0.2, 0.25) is 0 Å². The van der Waals surface area contributed by atoms with Crippen LogP contribution in [-0.4, -0.2) is 62.3 Å². The van der Waals surface area contributed by atoms with Gasteiger partial charge in [0, 0.05) is 26.4 Å². The van der Waals surface area contributed by atoms with Gasteiger partial charge in [-0.3, -0.25) is 19.2 Å². The molecule has 0 aliphatic heterocycles. The quantitative estimate of drug-likeness (QED) is 0.0376. The molecule has 1 atom stereocenters. The Kier molecular flexibility index (Phi) is 36.5. The highest BCUT2D eigenvalue weighted by Gasteiger charge is 2.19. The number of nitrogens with one attached hydrogen (secondary N) is 2. The summed E-state index contributed by atoms with van der Waals surface area (Å²) in [4.78, 5) is 51.5. The second-order valence-electron chi connectivity index (χ2n) is 17.9. The minimum atomic E-state index is -0.440. The average molecular weight is 846 g/mol. The van der Waals surface area contributed by atoms with Gasteiger partial charge in [0.05, 0.1) is 6.10 Å². The van der Waals surface area contributed by atoms with Crippen molar-refractivity contribution in [2.45, 2.75) is 258 Å². The highest BCUT2D eigenvalue weighted by molar-refractivity contribution is 5.73. The fourth-order valence-corrected chi connectivity index (χ4v) is 8.29. The van der Waals surface area contributed by atoms with Crippen LogP contribution in [0, 0.1) is 0 Å². The van der Waals surface area contributed by atoms with Crippen molar-refractivity contribution in [2.24, 2.45) is 0 Å². The third-order valence-electron chi connectivity index (χ3n) is 12.2. The monoisotopic (exact) mass is 846 g/mol. The molecular weight excluding hydrogens is 751 g/mol. The van der Waals surface area contributed by atoms with E-state index in [1.807, 2.05) is 6.92 Å². The van der Waals surface area contributed by atoms with Gasteiger partial charge >= 0.3 is 11.9 Å². The number of carbonyl (C=O) groups excluding carboxylic acids is 2. The zero-order valence-corrected chi connectivity index (χ0v) is 39.9. The molecule has 0 aliphatic carbocycles. The first-order chi connectivity index (χ1) is 29.3. The molecule has 0 aromatic heterocycles. The molecule has 1 rings (SSSR count). The van der Waals surface area contributed by atoms with Crippen LogP contribution in [0.1, 0.15) is 246 Å². The number of rotatable bonds is 45. The molecule has 1 unspecified atom stereocenters. The SMILES string of the molecule is CCCCCCCCC(C)OC(=O)CCCCCCCN(CCCCCCCC(=O)OC(CCCCCCCC)CCCCCCCC)CCCNc1c(NC)c(=O)c1=O. The Morgan fingerprint density at radius 1 is 0.483 bits per heavy atom. The van der Waals surface area contributed by atoms with E-state index in [-0.39, 0.29) is 24.1 Å². The van der Waals surface area contributed by atoms with E-state index in [0.717, 1.165) is 129 Å². The number of hydrogen-bond donors (Lipinski definition) is 2. The van der Waals surface area contributed by atoms with Crippen molar-refractivity contribution in [3.8, 4) is 0 Å². The first-order valence-electron chi connectivity index (χ1n) is 25.6. The lowest BCUT2D eigenvalue weighted by Gasteiger charge is -2.23. The lowest BCUT2D eigenvalue weighted by molar-refractivity contribution is -0.150. The van der Waals surface area contributed by atoms with Crippen LogP contribution in [0.15, 0.2) is 9.59 Å². The number of unbranched alkanes of at least 4 members (excludes halogenated alkanes) is 23. The van der Waals surface area contributed by atoms with E-state index in [1.54, 1.807) is 7.05 Å². The van der Waals surface area contributed by atoms with Crippen LogP contribution < -0.4 is 21.5 Å². The fourth-order valence-electron chi connectivity index (χ4n) is 8.29. The van der Waals surface area contributed by atoms with Crippen molar-refractivity contribution in [3.05, 3.63) is 20.4 Å². The molecule has 0 aliphatic rings. The normalized spacial score (nSPS) is 12.1. The standard InChI is InChI=1S/C51H95N3O6/c1-6-9-12-15-20-27-35-44(4)59-46(55)38-30-23-18-25-32-41-54(43-34-40-53-49-48(52-5)50(57)51(49)58)42-33-26-19-24-31-39-47(56)60-45(36-28-21-16-13-10-7-2)37-29-22-17-14-11-8-3/h44-45,52-53H,6-43H2,1-5H3. The predicted molar refractivity (Wildman–Crippen MR) is 255 cm³/mol. The van der Waals surface area contributed by atoms with Gasteiger partial charge in [-0.25, -0.2) is 0 Å². The molecule has 0 saturated heterocycles. The molecule has 0 heterocycles. The molecule has 0 saturated carbocycles. The van der Waals surface area contributed by atoms with Crippen molar-refractivity contribution in [2.75, 3.05) is 43.9 Å². The number of esters is 2. The number of carbonyl (C=O) groups is 2. The third-order valence-corrected chi connectivity index (χ3v) is 12.2. The van der Waals surface area contributed by atoms with Gasteiger partial charge in [0.25, 0.3) is 10.9 Å². The van der Waals surface area contributed by atoms with E-state index < -0.39 is 10.9 Å². The van der Waals surface area contributed by atoms with Crippen molar-refractivity contribution in [1.82, 2.24) is 4.90 Å². The maximum Gasteiger partial charge on any atom is 0.306 e. The Morgan fingerprint density at radius 2 is 0.867 bits per heavy atom.